The van der Waals surface area contributed by atoms with Crippen molar-refractivity contribution in [2.24, 2.45) is 5.16 Å². The first kappa shape index (κ1) is 9.52. The standard InChI is InChI=1S/C9H18N2O/c1-9(2,3)11-6-4-8(10-12)5-7-11/h12H,4-7H2,1-3H3. The first-order valence-electron chi connectivity index (χ1n) is 4.49. The number of hydrogen-bond acceptors (Lipinski definition) is 3. The van der Waals surface area contributed by atoms with E-state index in [9.17, 15) is 0 Å². The van der Waals surface area contributed by atoms with Crippen LogP contribution in [0.25, 0.3) is 0 Å². The van der Waals surface area contributed by atoms with E-state index in [1.807, 2.05) is 0 Å². The van der Waals surface area contributed by atoms with Gasteiger partial charge in [-0.1, -0.05) is 5.16 Å². The van der Waals surface area contributed by atoms with E-state index in [0.29, 0.717) is 0 Å². The molecule has 12 heavy (non-hydrogen) atoms. The summed E-state index contributed by atoms with van der Waals surface area (Å²) >= 11 is 0. The Morgan fingerprint density at radius 2 is 1.75 bits per heavy atom. The Balaban J connectivity index is 2.47. The minimum atomic E-state index is 0.251. The zero-order valence-electron chi connectivity index (χ0n) is 8.17. The molecule has 1 saturated heterocycles. The third-order valence-corrected chi connectivity index (χ3v) is 2.43. The molecule has 70 valence electrons. The first-order valence-corrected chi connectivity index (χ1v) is 4.49. The SMILES string of the molecule is CC(C)(C)N1CCC(=NO)CC1. The Morgan fingerprint density at radius 1 is 1.25 bits per heavy atom. The Labute approximate surface area is 74.1 Å². The number of likely N-dealkylation sites (tertiary alicyclic amines) is 1. The molecule has 1 aliphatic heterocycles. The topological polar surface area (TPSA) is 35.8 Å². The number of piperidine rings is 1. The number of rotatable bonds is 0. The Bertz CT molecular complexity index is 171. The van der Waals surface area contributed by atoms with E-state index in [1.54, 1.807) is 0 Å². The summed E-state index contributed by atoms with van der Waals surface area (Å²) in [5.74, 6) is 0. The van der Waals surface area contributed by atoms with Gasteiger partial charge in [-0.25, -0.2) is 0 Å². The maximum atomic E-state index is 8.55. The maximum absolute atomic E-state index is 8.55. The van der Waals surface area contributed by atoms with E-state index >= 15 is 0 Å². The van der Waals surface area contributed by atoms with Crippen LogP contribution in [0.3, 0.4) is 0 Å². The highest BCUT2D eigenvalue weighted by molar-refractivity contribution is 5.84. The zero-order valence-corrected chi connectivity index (χ0v) is 8.17. The fourth-order valence-corrected chi connectivity index (χ4v) is 1.54. The van der Waals surface area contributed by atoms with Crippen LogP contribution in [0.15, 0.2) is 5.16 Å². The van der Waals surface area contributed by atoms with Gasteiger partial charge in [0.1, 0.15) is 0 Å². The van der Waals surface area contributed by atoms with Gasteiger partial charge >= 0.3 is 0 Å². The minimum Gasteiger partial charge on any atom is -0.411 e. The molecule has 3 nitrogen and oxygen atoms in total. The fourth-order valence-electron chi connectivity index (χ4n) is 1.54. The van der Waals surface area contributed by atoms with Crippen molar-refractivity contribution in [1.82, 2.24) is 4.90 Å². The quantitative estimate of drug-likeness (QED) is 0.444. The molecule has 0 spiro atoms. The van der Waals surface area contributed by atoms with Crippen LogP contribution in [0.4, 0.5) is 0 Å². The largest absolute Gasteiger partial charge is 0.411 e. The highest BCUT2D eigenvalue weighted by Crippen LogP contribution is 2.18. The van der Waals surface area contributed by atoms with Crippen molar-refractivity contribution in [1.29, 1.82) is 0 Å². The van der Waals surface area contributed by atoms with Crippen molar-refractivity contribution in [3.63, 3.8) is 0 Å². The molecular weight excluding hydrogens is 152 g/mol. The summed E-state index contributed by atoms with van der Waals surface area (Å²) in [5.41, 5.74) is 1.19. The van der Waals surface area contributed by atoms with Gasteiger partial charge in [-0.05, 0) is 20.8 Å². The predicted molar refractivity (Wildman–Crippen MR) is 49.8 cm³/mol. The molecule has 1 rings (SSSR count). The number of nitrogens with zero attached hydrogens (tertiary/aromatic N) is 2. The van der Waals surface area contributed by atoms with Gasteiger partial charge in [0.25, 0.3) is 0 Å². The molecule has 1 fully saturated rings. The van der Waals surface area contributed by atoms with Crippen molar-refractivity contribution in [3.05, 3.63) is 0 Å². The lowest BCUT2D eigenvalue weighted by Gasteiger charge is -2.38. The van der Waals surface area contributed by atoms with Gasteiger partial charge in [0, 0.05) is 31.5 Å². The third-order valence-electron chi connectivity index (χ3n) is 2.43. The van der Waals surface area contributed by atoms with Crippen molar-refractivity contribution >= 4 is 5.71 Å². The highest BCUT2D eigenvalue weighted by atomic mass is 16.4. The van der Waals surface area contributed by atoms with Gasteiger partial charge in [0.15, 0.2) is 0 Å². The Kier molecular flexibility index (Phi) is 2.73. The smallest absolute Gasteiger partial charge is 0.0596 e. The number of oxime groups is 1. The van der Waals surface area contributed by atoms with Crippen LogP contribution in [0.1, 0.15) is 33.6 Å². The molecule has 0 aromatic rings. The first-order chi connectivity index (χ1) is 5.54. The monoisotopic (exact) mass is 170 g/mol. The average Bonchev–Trinajstić information content (AvgIpc) is 2.03. The minimum absolute atomic E-state index is 0.251. The van der Waals surface area contributed by atoms with Crippen LogP contribution >= 0.6 is 0 Å². The van der Waals surface area contributed by atoms with Crippen molar-refractivity contribution < 1.29 is 5.21 Å². The van der Waals surface area contributed by atoms with Crippen molar-refractivity contribution in [2.45, 2.75) is 39.2 Å². The zero-order chi connectivity index (χ0) is 9.19. The summed E-state index contributed by atoms with van der Waals surface area (Å²) in [7, 11) is 0. The van der Waals surface area contributed by atoms with E-state index in [2.05, 4.69) is 30.8 Å². The molecule has 0 bridgehead atoms. The van der Waals surface area contributed by atoms with Gasteiger partial charge < -0.3 is 5.21 Å². The second kappa shape index (κ2) is 3.44. The molecule has 0 saturated carbocycles. The van der Waals surface area contributed by atoms with E-state index < -0.39 is 0 Å². The van der Waals surface area contributed by atoms with E-state index in [4.69, 9.17) is 5.21 Å². The van der Waals surface area contributed by atoms with Crippen LogP contribution in [0, 0.1) is 0 Å². The van der Waals surface area contributed by atoms with Crippen LogP contribution in [0.5, 0.6) is 0 Å². The highest BCUT2D eigenvalue weighted by Gasteiger charge is 2.24. The number of hydrogen-bond donors (Lipinski definition) is 1. The molecule has 0 atom stereocenters. The molecule has 3 heteroatoms. The Morgan fingerprint density at radius 3 is 2.08 bits per heavy atom. The molecule has 1 aliphatic rings. The summed E-state index contributed by atoms with van der Waals surface area (Å²) in [6.45, 7) is 8.68. The van der Waals surface area contributed by atoms with Gasteiger partial charge in [-0.15, -0.1) is 0 Å². The Hall–Kier alpha value is -0.570. The molecule has 0 radical (unpaired) electrons. The molecule has 0 aliphatic carbocycles. The van der Waals surface area contributed by atoms with Crippen molar-refractivity contribution in [2.75, 3.05) is 13.1 Å². The maximum Gasteiger partial charge on any atom is 0.0596 e. The summed E-state index contributed by atoms with van der Waals surface area (Å²) in [6.07, 6.45) is 1.82. The lowest BCUT2D eigenvalue weighted by atomic mass is 10.0. The van der Waals surface area contributed by atoms with E-state index in [0.717, 1.165) is 31.6 Å². The molecule has 0 aromatic carbocycles. The van der Waals surface area contributed by atoms with Gasteiger partial charge in [-0.2, -0.15) is 0 Å². The molecule has 0 amide bonds. The molecule has 0 aromatic heterocycles. The average molecular weight is 170 g/mol. The predicted octanol–water partition coefficient (Wildman–Crippen LogP) is 1.71. The normalized spacial score (nSPS) is 21.1. The van der Waals surface area contributed by atoms with Crippen LogP contribution in [-0.2, 0) is 0 Å². The summed E-state index contributed by atoms with van der Waals surface area (Å²) in [4.78, 5) is 2.42. The van der Waals surface area contributed by atoms with Crippen LogP contribution < -0.4 is 0 Å². The van der Waals surface area contributed by atoms with Gasteiger partial charge in [-0.3, -0.25) is 4.90 Å². The molecule has 1 heterocycles. The summed E-state index contributed by atoms with van der Waals surface area (Å²) < 4.78 is 0. The van der Waals surface area contributed by atoms with E-state index in [1.165, 1.54) is 0 Å². The van der Waals surface area contributed by atoms with Crippen LogP contribution in [-0.4, -0.2) is 34.4 Å². The molecule has 1 N–H and O–H groups in total. The summed E-state index contributed by atoms with van der Waals surface area (Å²) in [5, 5.41) is 11.8. The van der Waals surface area contributed by atoms with Gasteiger partial charge in [0.05, 0.1) is 5.71 Å². The molecular formula is C9H18N2O. The fraction of sp³-hybridized carbons (Fsp3) is 0.889. The second-order valence-corrected chi connectivity index (χ2v) is 4.32. The lowest BCUT2D eigenvalue weighted by molar-refractivity contribution is 0.135. The van der Waals surface area contributed by atoms with Crippen LogP contribution in [0.2, 0.25) is 0 Å². The second-order valence-electron chi connectivity index (χ2n) is 4.32. The van der Waals surface area contributed by atoms with Gasteiger partial charge in [0.2, 0.25) is 0 Å². The van der Waals surface area contributed by atoms with E-state index in [-0.39, 0.29) is 5.54 Å². The summed E-state index contributed by atoms with van der Waals surface area (Å²) in [6, 6.07) is 0. The lowest BCUT2D eigenvalue weighted by Crippen LogP contribution is -2.46. The third kappa shape index (κ3) is 2.21. The molecule has 0 unspecified atom stereocenters. The van der Waals surface area contributed by atoms with Crippen molar-refractivity contribution in [3.8, 4) is 0 Å².